The molecule has 1 saturated heterocycles. The summed E-state index contributed by atoms with van der Waals surface area (Å²) in [6, 6.07) is 6.29. The first-order valence-corrected chi connectivity index (χ1v) is 7.75. The van der Waals surface area contributed by atoms with E-state index in [-0.39, 0.29) is 11.2 Å². The third-order valence-corrected chi connectivity index (χ3v) is 3.82. The Morgan fingerprint density at radius 3 is 2.00 bits per heavy atom. The Morgan fingerprint density at radius 2 is 1.52 bits per heavy atom. The van der Waals surface area contributed by atoms with Crippen LogP contribution < -0.4 is 0 Å². The van der Waals surface area contributed by atoms with Crippen LogP contribution in [0.5, 0.6) is 0 Å². The lowest BCUT2D eigenvalue weighted by atomic mass is 9.97. The van der Waals surface area contributed by atoms with Gasteiger partial charge in [0.2, 0.25) is 0 Å². The van der Waals surface area contributed by atoms with Crippen molar-refractivity contribution in [3.8, 4) is 0 Å². The molecule has 3 heteroatoms. The van der Waals surface area contributed by atoms with Crippen LogP contribution in [0.2, 0.25) is 0 Å². The lowest BCUT2D eigenvalue weighted by Gasteiger charge is -2.47. The maximum Gasteiger partial charge on any atom is 0.0917 e. The van der Waals surface area contributed by atoms with Crippen molar-refractivity contribution in [3.63, 3.8) is 0 Å². The highest BCUT2D eigenvalue weighted by atomic mass is 16.5. The molecule has 3 nitrogen and oxygen atoms in total. The summed E-state index contributed by atoms with van der Waals surface area (Å²) < 4.78 is 6.09. The van der Waals surface area contributed by atoms with Crippen LogP contribution in [-0.4, -0.2) is 40.8 Å². The van der Waals surface area contributed by atoms with Crippen molar-refractivity contribution in [2.75, 3.05) is 19.6 Å². The first-order chi connectivity index (χ1) is 9.56. The molecular formula is C18H29NO2. The summed E-state index contributed by atoms with van der Waals surface area (Å²) in [5.74, 6) is 0. The van der Waals surface area contributed by atoms with Crippen LogP contribution >= 0.6 is 0 Å². The second-order valence-corrected chi connectivity index (χ2v) is 7.73. The van der Waals surface area contributed by atoms with Gasteiger partial charge in [0, 0.05) is 19.6 Å². The molecule has 1 N–H and O–H groups in total. The first-order valence-electron chi connectivity index (χ1n) is 7.75. The van der Waals surface area contributed by atoms with E-state index in [4.69, 9.17) is 4.74 Å². The van der Waals surface area contributed by atoms with Gasteiger partial charge in [0.05, 0.1) is 17.3 Å². The maximum atomic E-state index is 10.6. The van der Waals surface area contributed by atoms with Gasteiger partial charge >= 0.3 is 0 Å². The fraction of sp³-hybridized carbons (Fsp3) is 0.667. The van der Waals surface area contributed by atoms with Gasteiger partial charge in [-0.05, 0) is 47.1 Å². The number of hydrogen-bond donors (Lipinski definition) is 1. The van der Waals surface area contributed by atoms with E-state index in [1.165, 1.54) is 11.1 Å². The van der Waals surface area contributed by atoms with Gasteiger partial charge < -0.3 is 9.84 Å². The summed E-state index contributed by atoms with van der Waals surface area (Å²) in [7, 11) is 0. The average molecular weight is 291 g/mol. The van der Waals surface area contributed by atoms with Crippen LogP contribution in [0.4, 0.5) is 0 Å². The number of morpholine rings is 1. The van der Waals surface area contributed by atoms with E-state index in [0.717, 1.165) is 18.7 Å². The molecule has 1 aromatic carbocycles. The molecule has 1 aliphatic heterocycles. The molecule has 1 heterocycles. The minimum absolute atomic E-state index is 0.177. The van der Waals surface area contributed by atoms with Gasteiger partial charge in [0.25, 0.3) is 0 Å². The monoisotopic (exact) mass is 291 g/mol. The molecule has 0 aromatic heterocycles. The summed E-state index contributed by atoms with van der Waals surface area (Å²) in [5.41, 5.74) is 3.06. The SMILES string of the molecule is Cc1cc(C)cc(C(O)CN2CC(C)(C)OC(C)(C)C2)c1. The van der Waals surface area contributed by atoms with Crippen LogP contribution in [0.3, 0.4) is 0 Å². The molecule has 0 spiro atoms. The van der Waals surface area contributed by atoms with E-state index in [0.29, 0.717) is 6.54 Å². The van der Waals surface area contributed by atoms with Crippen molar-refractivity contribution in [2.45, 2.75) is 58.8 Å². The first kappa shape index (κ1) is 16.5. The van der Waals surface area contributed by atoms with E-state index in [1.807, 2.05) is 0 Å². The Morgan fingerprint density at radius 1 is 1.05 bits per heavy atom. The number of rotatable bonds is 3. The zero-order valence-electron chi connectivity index (χ0n) is 14.2. The van der Waals surface area contributed by atoms with Crippen LogP contribution in [0.25, 0.3) is 0 Å². The van der Waals surface area contributed by atoms with Gasteiger partial charge in [-0.3, -0.25) is 4.90 Å². The van der Waals surface area contributed by atoms with Gasteiger partial charge in [-0.1, -0.05) is 29.3 Å². The molecule has 1 aliphatic rings. The van der Waals surface area contributed by atoms with Crippen molar-refractivity contribution >= 4 is 0 Å². The second kappa shape index (κ2) is 5.71. The normalized spacial score (nSPS) is 23.0. The topological polar surface area (TPSA) is 32.7 Å². The average Bonchev–Trinajstić information content (AvgIpc) is 2.22. The fourth-order valence-electron chi connectivity index (χ4n) is 3.63. The number of hydrogen-bond acceptors (Lipinski definition) is 3. The van der Waals surface area contributed by atoms with E-state index in [2.05, 4.69) is 64.6 Å². The predicted octanol–water partition coefficient (Wildman–Crippen LogP) is 3.23. The Labute approximate surface area is 128 Å². The number of aliphatic hydroxyl groups excluding tert-OH is 1. The highest BCUT2D eigenvalue weighted by Gasteiger charge is 2.38. The third-order valence-electron chi connectivity index (χ3n) is 3.82. The van der Waals surface area contributed by atoms with Crippen molar-refractivity contribution in [3.05, 3.63) is 34.9 Å². The third kappa shape index (κ3) is 4.53. The van der Waals surface area contributed by atoms with E-state index >= 15 is 0 Å². The quantitative estimate of drug-likeness (QED) is 0.928. The van der Waals surface area contributed by atoms with E-state index < -0.39 is 6.10 Å². The van der Waals surface area contributed by atoms with Crippen molar-refractivity contribution < 1.29 is 9.84 Å². The molecule has 1 unspecified atom stereocenters. The number of β-amino-alcohol motifs (C(OH)–C–C–N with tert-alkyl or cyclic N) is 1. The van der Waals surface area contributed by atoms with Crippen LogP contribution in [0, 0.1) is 13.8 Å². The van der Waals surface area contributed by atoms with Gasteiger partial charge in [-0.25, -0.2) is 0 Å². The second-order valence-electron chi connectivity index (χ2n) is 7.73. The zero-order valence-corrected chi connectivity index (χ0v) is 14.2. The molecule has 0 aliphatic carbocycles. The van der Waals surface area contributed by atoms with Gasteiger partial charge in [0.1, 0.15) is 0 Å². The number of ether oxygens (including phenoxy) is 1. The van der Waals surface area contributed by atoms with E-state index in [1.54, 1.807) is 0 Å². The Balaban J connectivity index is 2.10. The maximum absolute atomic E-state index is 10.6. The van der Waals surface area contributed by atoms with Crippen LogP contribution in [-0.2, 0) is 4.74 Å². The minimum Gasteiger partial charge on any atom is -0.387 e. The van der Waals surface area contributed by atoms with Gasteiger partial charge in [0.15, 0.2) is 0 Å². The van der Waals surface area contributed by atoms with Gasteiger partial charge in [-0.15, -0.1) is 0 Å². The molecular weight excluding hydrogens is 262 g/mol. The number of nitrogens with zero attached hydrogens (tertiary/aromatic N) is 1. The molecule has 0 radical (unpaired) electrons. The molecule has 2 rings (SSSR count). The summed E-state index contributed by atoms with van der Waals surface area (Å²) in [6.45, 7) is 15.0. The highest BCUT2D eigenvalue weighted by Crippen LogP contribution is 2.29. The summed E-state index contributed by atoms with van der Waals surface area (Å²) in [6.07, 6.45) is -0.451. The molecule has 0 saturated carbocycles. The Kier molecular flexibility index (Phi) is 4.48. The molecule has 21 heavy (non-hydrogen) atoms. The number of aliphatic hydroxyl groups is 1. The van der Waals surface area contributed by atoms with Crippen molar-refractivity contribution in [1.82, 2.24) is 4.90 Å². The van der Waals surface area contributed by atoms with Crippen LogP contribution in [0.15, 0.2) is 18.2 Å². The molecule has 0 bridgehead atoms. The van der Waals surface area contributed by atoms with Crippen LogP contribution in [0.1, 0.15) is 50.5 Å². The predicted molar refractivity (Wildman–Crippen MR) is 86.6 cm³/mol. The smallest absolute Gasteiger partial charge is 0.0917 e. The molecule has 1 fully saturated rings. The lowest BCUT2D eigenvalue weighted by molar-refractivity contribution is -0.183. The highest BCUT2D eigenvalue weighted by molar-refractivity contribution is 5.30. The largest absolute Gasteiger partial charge is 0.387 e. The summed E-state index contributed by atoms with van der Waals surface area (Å²) >= 11 is 0. The standard InChI is InChI=1S/C18H29NO2/c1-13-7-14(2)9-15(8-13)16(20)10-19-11-17(3,4)21-18(5,6)12-19/h7-9,16,20H,10-12H2,1-6H3. The molecule has 1 aromatic rings. The van der Waals surface area contributed by atoms with Crippen molar-refractivity contribution in [1.29, 1.82) is 0 Å². The summed E-state index contributed by atoms with van der Waals surface area (Å²) in [5, 5.41) is 10.6. The lowest BCUT2D eigenvalue weighted by Crippen LogP contribution is -2.57. The number of aryl methyl sites for hydroxylation is 2. The van der Waals surface area contributed by atoms with Gasteiger partial charge in [-0.2, -0.15) is 0 Å². The molecule has 1 atom stereocenters. The van der Waals surface area contributed by atoms with Crippen molar-refractivity contribution in [2.24, 2.45) is 0 Å². The Hall–Kier alpha value is -0.900. The summed E-state index contributed by atoms with van der Waals surface area (Å²) in [4.78, 5) is 2.31. The minimum atomic E-state index is -0.451. The Bertz CT molecular complexity index is 472. The molecule has 0 amide bonds. The fourth-order valence-corrected chi connectivity index (χ4v) is 3.63. The van der Waals surface area contributed by atoms with E-state index in [9.17, 15) is 5.11 Å². The zero-order chi connectivity index (χ0) is 15.8. The molecule has 118 valence electrons. The number of benzene rings is 1.